The lowest BCUT2D eigenvalue weighted by Crippen LogP contribution is -2.47. The summed E-state index contributed by atoms with van der Waals surface area (Å²) in [6, 6.07) is 6.25. The molecule has 1 saturated heterocycles. The fourth-order valence-electron chi connectivity index (χ4n) is 5.91. The van der Waals surface area contributed by atoms with E-state index in [-0.39, 0.29) is 17.4 Å². The zero-order valence-electron chi connectivity index (χ0n) is 27.7. The van der Waals surface area contributed by atoms with Crippen molar-refractivity contribution in [1.29, 1.82) is 0 Å². The molecule has 8 heteroatoms. The third-order valence-electron chi connectivity index (χ3n) is 9.13. The summed E-state index contributed by atoms with van der Waals surface area (Å²) in [5.41, 5.74) is 6.18. The summed E-state index contributed by atoms with van der Waals surface area (Å²) < 4.78 is 0.761. The number of carbonyl (C=O) groups excluding carboxylic acids is 2. The molecule has 2 aromatic heterocycles. The largest absolute Gasteiger partial charge is 0.324 e. The maximum Gasteiger partial charge on any atom is 0.251 e. The quantitative estimate of drug-likeness (QED) is 0.245. The van der Waals surface area contributed by atoms with Gasteiger partial charge >= 0.3 is 0 Å². The first-order valence-corrected chi connectivity index (χ1v) is 16.2. The van der Waals surface area contributed by atoms with Crippen LogP contribution in [0, 0.1) is 13.8 Å². The summed E-state index contributed by atoms with van der Waals surface area (Å²) in [6.45, 7) is 14.4. The van der Waals surface area contributed by atoms with Gasteiger partial charge in [-0.25, -0.2) is 0 Å². The van der Waals surface area contributed by atoms with Crippen molar-refractivity contribution in [2.45, 2.75) is 91.6 Å². The van der Waals surface area contributed by atoms with Crippen LogP contribution in [0.1, 0.15) is 83.2 Å². The Morgan fingerprint density at radius 2 is 1.86 bits per heavy atom. The molecule has 2 atom stereocenters. The standard InChI is InChI=1S/C33H42N6O2.C3H8/c1-23(8-6-16-39(5)17-11-27(18-25(39)3)28-10-9-24(2)34-20-28)32(41)37-30-19-29(21-35-26(30)4)36-31(40)22-38-15-7-12-33(38)13-14-33;1-3-2/h8-11,17-21,25H,6-7,12-16,22H2,1-5H3,(H-,36,37,40,41);3H2,1-2H3/p+1. The van der Waals surface area contributed by atoms with Crippen molar-refractivity contribution in [3.8, 4) is 0 Å². The van der Waals surface area contributed by atoms with Crippen molar-refractivity contribution in [3.63, 3.8) is 0 Å². The number of likely N-dealkylation sites (N-methyl/N-ethyl adjacent to an activating group) is 1. The molecule has 2 aliphatic heterocycles. The molecule has 2 N–H and O–H groups in total. The van der Waals surface area contributed by atoms with Crippen LogP contribution in [-0.2, 0) is 9.59 Å². The maximum atomic E-state index is 13.0. The van der Waals surface area contributed by atoms with Gasteiger partial charge in [-0.15, -0.1) is 0 Å². The Balaban J connectivity index is 0.00000141. The first-order valence-electron chi connectivity index (χ1n) is 16.2. The molecule has 2 unspecified atom stereocenters. The number of quaternary nitrogens is 1. The van der Waals surface area contributed by atoms with E-state index in [0.717, 1.165) is 35.3 Å². The fraction of sp³-hybridized carbons (Fsp3) is 0.500. The van der Waals surface area contributed by atoms with E-state index in [0.29, 0.717) is 35.2 Å². The number of pyridine rings is 2. The smallest absolute Gasteiger partial charge is 0.251 e. The van der Waals surface area contributed by atoms with Crippen molar-refractivity contribution >= 4 is 28.8 Å². The highest BCUT2D eigenvalue weighted by molar-refractivity contribution is 6.04. The Morgan fingerprint density at radius 1 is 1.11 bits per heavy atom. The predicted octanol–water partition coefficient (Wildman–Crippen LogP) is 6.80. The van der Waals surface area contributed by atoms with E-state index in [1.807, 2.05) is 39.1 Å². The van der Waals surface area contributed by atoms with Gasteiger partial charge in [0, 0.05) is 35.0 Å². The number of amides is 2. The van der Waals surface area contributed by atoms with Crippen LogP contribution in [0.3, 0.4) is 0 Å². The minimum atomic E-state index is -0.162. The van der Waals surface area contributed by atoms with E-state index in [4.69, 9.17) is 0 Å². The lowest BCUT2D eigenvalue weighted by molar-refractivity contribution is -0.876. The molecule has 1 saturated carbocycles. The predicted molar refractivity (Wildman–Crippen MR) is 180 cm³/mol. The number of aromatic nitrogens is 2. The van der Waals surface area contributed by atoms with E-state index < -0.39 is 0 Å². The Bertz CT molecular complexity index is 1420. The molecule has 4 heterocycles. The van der Waals surface area contributed by atoms with E-state index >= 15 is 0 Å². The Labute approximate surface area is 263 Å². The van der Waals surface area contributed by atoms with Crippen LogP contribution >= 0.6 is 0 Å². The Hall–Kier alpha value is -3.62. The summed E-state index contributed by atoms with van der Waals surface area (Å²) in [4.78, 5) is 36.9. The number of carbonyl (C=O) groups is 2. The van der Waals surface area contributed by atoms with Crippen LogP contribution in [0.2, 0.25) is 0 Å². The normalized spacial score (nSPS) is 22.2. The second-order valence-electron chi connectivity index (χ2n) is 12.9. The van der Waals surface area contributed by atoms with Crippen molar-refractivity contribution in [2.24, 2.45) is 0 Å². The van der Waals surface area contributed by atoms with Gasteiger partial charge in [0.1, 0.15) is 6.04 Å². The third kappa shape index (κ3) is 8.30. The fourth-order valence-corrected chi connectivity index (χ4v) is 5.91. The highest BCUT2D eigenvalue weighted by Gasteiger charge is 2.50. The molecule has 2 aromatic rings. The summed E-state index contributed by atoms with van der Waals surface area (Å²) >= 11 is 0. The van der Waals surface area contributed by atoms with Gasteiger partial charge in [-0.2, -0.15) is 0 Å². The van der Waals surface area contributed by atoms with Gasteiger partial charge < -0.3 is 10.6 Å². The summed E-state index contributed by atoms with van der Waals surface area (Å²) in [7, 11) is 2.22. The molecular weight excluding hydrogens is 548 g/mol. The van der Waals surface area contributed by atoms with Crippen LogP contribution in [0.5, 0.6) is 0 Å². The minimum absolute atomic E-state index is 0.0349. The number of aryl methyl sites for hydroxylation is 2. The number of hydrogen-bond donors (Lipinski definition) is 2. The van der Waals surface area contributed by atoms with Gasteiger partial charge in [-0.05, 0) is 89.8 Å². The van der Waals surface area contributed by atoms with Crippen LogP contribution in [0.15, 0.2) is 60.6 Å². The van der Waals surface area contributed by atoms with Crippen LogP contribution in [0.4, 0.5) is 11.4 Å². The van der Waals surface area contributed by atoms with Crippen molar-refractivity contribution in [2.75, 3.05) is 37.3 Å². The van der Waals surface area contributed by atoms with Gasteiger partial charge in [0.15, 0.2) is 0 Å². The van der Waals surface area contributed by atoms with Crippen molar-refractivity contribution in [1.82, 2.24) is 14.9 Å². The van der Waals surface area contributed by atoms with Crippen LogP contribution in [0.25, 0.3) is 5.57 Å². The number of anilines is 2. The lowest BCUT2D eigenvalue weighted by atomic mass is 10.00. The molecular formula is C36H51N6O2+. The topological polar surface area (TPSA) is 87.2 Å². The number of rotatable bonds is 9. The monoisotopic (exact) mass is 599 g/mol. The zero-order valence-corrected chi connectivity index (χ0v) is 27.7. The number of hydrogen-bond acceptors (Lipinski definition) is 5. The highest BCUT2D eigenvalue weighted by Crippen LogP contribution is 2.49. The Morgan fingerprint density at radius 3 is 2.52 bits per heavy atom. The molecule has 44 heavy (non-hydrogen) atoms. The molecule has 2 fully saturated rings. The Kier molecular flexibility index (Phi) is 10.9. The summed E-state index contributed by atoms with van der Waals surface area (Å²) in [5, 5.41) is 5.96. The van der Waals surface area contributed by atoms with E-state index in [1.165, 1.54) is 37.7 Å². The molecule has 5 rings (SSSR count). The molecule has 236 valence electrons. The number of allylic oxidation sites excluding steroid dienone is 2. The second-order valence-corrected chi connectivity index (χ2v) is 12.9. The third-order valence-corrected chi connectivity index (χ3v) is 9.13. The summed E-state index contributed by atoms with van der Waals surface area (Å²) in [6.07, 6.45) is 19.1. The van der Waals surface area contributed by atoms with Gasteiger partial charge in [-0.1, -0.05) is 32.4 Å². The lowest BCUT2D eigenvalue weighted by Gasteiger charge is -2.37. The molecule has 2 amide bonds. The average Bonchev–Trinajstić information content (AvgIpc) is 3.67. The van der Waals surface area contributed by atoms with E-state index in [2.05, 4.69) is 77.7 Å². The molecule has 0 radical (unpaired) electrons. The van der Waals surface area contributed by atoms with Gasteiger partial charge in [0.2, 0.25) is 5.91 Å². The van der Waals surface area contributed by atoms with Gasteiger partial charge in [-0.3, -0.25) is 28.9 Å². The first kappa shape index (κ1) is 33.3. The number of nitrogens with one attached hydrogen (secondary N) is 2. The van der Waals surface area contributed by atoms with Crippen LogP contribution in [-0.4, -0.2) is 69.4 Å². The zero-order chi connectivity index (χ0) is 31.9. The molecule has 1 spiro atoms. The minimum Gasteiger partial charge on any atom is -0.324 e. The molecule has 3 aliphatic rings. The SMILES string of the molecule is CC(=CCC[N+]1(C)C=CC(c2ccc(C)nc2)=CC1C)C(=O)Nc1cc(NC(=O)CN2CCCC23CC3)cnc1C.CCC. The highest BCUT2D eigenvalue weighted by atomic mass is 16.2. The molecule has 1 aliphatic carbocycles. The first-order chi connectivity index (χ1) is 21.0. The number of likely N-dealkylation sites (tertiary alicyclic amines) is 1. The molecule has 0 aromatic carbocycles. The molecule has 0 bridgehead atoms. The van der Waals surface area contributed by atoms with Crippen molar-refractivity contribution < 1.29 is 14.1 Å². The average molecular weight is 600 g/mol. The van der Waals surface area contributed by atoms with Gasteiger partial charge in [0.25, 0.3) is 5.91 Å². The van der Waals surface area contributed by atoms with Crippen LogP contribution < -0.4 is 10.6 Å². The maximum absolute atomic E-state index is 13.0. The second kappa shape index (κ2) is 14.4. The summed E-state index contributed by atoms with van der Waals surface area (Å²) in [5.74, 6) is -0.197. The van der Waals surface area contributed by atoms with Gasteiger partial charge in [0.05, 0.1) is 49.6 Å². The molecule has 8 nitrogen and oxygen atoms in total. The number of nitrogens with zero attached hydrogens (tertiary/aromatic N) is 4. The van der Waals surface area contributed by atoms with Crippen molar-refractivity contribution in [3.05, 3.63) is 77.5 Å². The van der Waals surface area contributed by atoms with E-state index in [1.54, 1.807) is 12.3 Å². The van der Waals surface area contributed by atoms with E-state index in [9.17, 15) is 9.59 Å².